The van der Waals surface area contributed by atoms with Gasteiger partial charge in [0, 0.05) is 47.7 Å². The predicted octanol–water partition coefficient (Wildman–Crippen LogP) is 4.98. The maximum atomic E-state index is 13.5. The zero-order valence-electron chi connectivity index (χ0n) is 20.6. The molecule has 0 aliphatic carbocycles. The molecule has 0 saturated carbocycles. The summed E-state index contributed by atoms with van der Waals surface area (Å²) in [5.74, 6) is -0.786. The summed E-state index contributed by atoms with van der Waals surface area (Å²) >= 11 is 0. The van der Waals surface area contributed by atoms with Gasteiger partial charge in [-0.05, 0) is 49.7 Å². The summed E-state index contributed by atoms with van der Waals surface area (Å²) in [7, 11) is 0. The zero-order chi connectivity index (χ0) is 25.9. The Hall–Kier alpha value is -4.59. The number of aromatic nitrogens is 2. The molecule has 1 aliphatic rings. The first-order chi connectivity index (χ1) is 18.0. The number of H-pyrrole nitrogens is 1. The summed E-state index contributed by atoms with van der Waals surface area (Å²) < 4.78 is 11.4. The number of ketones is 1. The molecule has 3 heterocycles. The Morgan fingerprint density at radius 3 is 2.54 bits per heavy atom. The van der Waals surface area contributed by atoms with E-state index in [9.17, 15) is 14.7 Å². The number of pyridine rings is 1. The number of aromatic amines is 1. The van der Waals surface area contributed by atoms with Gasteiger partial charge in [-0.1, -0.05) is 18.2 Å². The summed E-state index contributed by atoms with van der Waals surface area (Å²) in [5, 5.41) is 12.5. The molecule has 0 bridgehead atoms. The van der Waals surface area contributed by atoms with Gasteiger partial charge in [-0.2, -0.15) is 0 Å². The van der Waals surface area contributed by atoms with Crippen molar-refractivity contribution in [1.29, 1.82) is 0 Å². The molecule has 0 spiro atoms. The van der Waals surface area contributed by atoms with Crippen LogP contribution in [0.15, 0.2) is 78.8 Å². The monoisotopic (exact) mass is 497 g/mol. The van der Waals surface area contributed by atoms with Crippen LogP contribution in [0.4, 0.5) is 0 Å². The molecule has 1 amide bonds. The number of rotatable bonds is 8. The fourth-order valence-electron chi connectivity index (χ4n) is 4.75. The standard InChI is InChI=1S/C29H27N3O5/c1-3-36-19-9-10-21(24(15-19)37-4-2)27(33)25-26(22-16-31-23-8-6-5-7-20(22)23)32(29(35)28(25)34)17-18-11-13-30-14-12-18/h5-16,26,31,33H,3-4,17H2,1-2H3/b27-25+. The number of hydrogen-bond donors (Lipinski definition) is 2. The Balaban J connectivity index is 1.70. The molecule has 1 fully saturated rings. The van der Waals surface area contributed by atoms with E-state index in [0.717, 1.165) is 16.5 Å². The van der Waals surface area contributed by atoms with Crippen LogP contribution < -0.4 is 9.47 Å². The molecule has 5 rings (SSSR count). The number of nitrogens with one attached hydrogen (secondary N) is 1. The fourth-order valence-corrected chi connectivity index (χ4v) is 4.75. The number of para-hydroxylation sites is 1. The Morgan fingerprint density at radius 2 is 1.78 bits per heavy atom. The maximum Gasteiger partial charge on any atom is 0.295 e. The van der Waals surface area contributed by atoms with Crippen LogP contribution in [-0.2, 0) is 16.1 Å². The van der Waals surface area contributed by atoms with E-state index in [-0.39, 0.29) is 17.9 Å². The average Bonchev–Trinajstić information content (AvgIpc) is 3.44. The minimum Gasteiger partial charge on any atom is -0.507 e. The van der Waals surface area contributed by atoms with Gasteiger partial charge in [0.05, 0.1) is 30.4 Å². The lowest BCUT2D eigenvalue weighted by Crippen LogP contribution is -2.29. The van der Waals surface area contributed by atoms with E-state index in [1.165, 1.54) is 4.90 Å². The molecule has 1 saturated heterocycles. The van der Waals surface area contributed by atoms with E-state index in [2.05, 4.69) is 9.97 Å². The number of benzene rings is 2. The van der Waals surface area contributed by atoms with Crippen molar-refractivity contribution in [2.24, 2.45) is 0 Å². The summed E-state index contributed by atoms with van der Waals surface area (Å²) in [6.07, 6.45) is 5.07. The Morgan fingerprint density at radius 1 is 1.03 bits per heavy atom. The van der Waals surface area contributed by atoms with Gasteiger partial charge in [-0.15, -0.1) is 0 Å². The van der Waals surface area contributed by atoms with E-state index < -0.39 is 17.7 Å². The van der Waals surface area contributed by atoms with Crippen molar-refractivity contribution in [2.45, 2.75) is 26.4 Å². The quantitative estimate of drug-likeness (QED) is 0.202. The number of carbonyl (C=O) groups is 2. The first-order valence-electron chi connectivity index (χ1n) is 12.2. The third-order valence-electron chi connectivity index (χ3n) is 6.38. The van der Waals surface area contributed by atoms with Gasteiger partial charge in [0.2, 0.25) is 0 Å². The third-order valence-corrected chi connectivity index (χ3v) is 6.38. The Bertz CT molecular complexity index is 1490. The third kappa shape index (κ3) is 4.42. The molecule has 2 aromatic carbocycles. The summed E-state index contributed by atoms with van der Waals surface area (Å²) in [6, 6.07) is 15.5. The summed E-state index contributed by atoms with van der Waals surface area (Å²) in [6.45, 7) is 4.70. The van der Waals surface area contributed by atoms with E-state index in [4.69, 9.17) is 9.47 Å². The van der Waals surface area contributed by atoms with Crippen LogP contribution in [0.1, 0.15) is 36.6 Å². The second kappa shape index (κ2) is 10.2. The number of fused-ring (bicyclic) bond motifs is 1. The smallest absolute Gasteiger partial charge is 0.295 e. The highest BCUT2D eigenvalue weighted by molar-refractivity contribution is 6.46. The minimum absolute atomic E-state index is 0.00826. The topological polar surface area (TPSA) is 105 Å². The number of nitrogens with zero attached hydrogens (tertiary/aromatic N) is 2. The fraction of sp³-hybridized carbons (Fsp3) is 0.207. The molecular formula is C29H27N3O5. The molecule has 1 unspecified atom stereocenters. The van der Waals surface area contributed by atoms with Gasteiger partial charge in [0.25, 0.3) is 11.7 Å². The van der Waals surface area contributed by atoms with Crippen LogP contribution in [0.2, 0.25) is 0 Å². The molecule has 37 heavy (non-hydrogen) atoms. The molecule has 2 N–H and O–H groups in total. The molecule has 0 radical (unpaired) electrons. The molecule has 4 aromatic rings. The van der Waals surface area contributed by atoms with Gasteiger partial charge in [-0.3, -0.25) is 14.6 Å². The van der Waals surface area contributed by atoms with Gasteiger partial charge in [-0.25, -0.2) is 0 Å². The molecule has 2 aromatic heterocycles. The zero-order valence-corrected chi connectivity index (χ0v) is 20.6. The lowest BCUT2D eigenvalue weighted by atomic mass is 9.94. The van der Waals surface area contributed by atoms with Crippen LogP contribution in [0, 0.1) is 0 Å². The van der Waals surface area contributed by atoms with Gasteiger partial charge in [0.15, 0.2) is 0 Å². The number of amides is 1. The SMILES string of the molecule is CCOc1ccc(/C(O)=C2\C(=O)C(=O)N(Cc3ccncc3)C2c2c[nH]c3ccccc23)c(OCC)c1. The largest absolute Gasteiger partial charge is 0.507 e. The lowest BCUT2D eigenvalue weighted by molar-refractivity contribution is -0.140. The highest BCUT2D eigenvalue weighted by atomic mass is 16.5. The van der Waals surface area contributed by atoms with Gasteiger partial charge >= 0.3 is 0 Å². The van der Waals surface area contributed by atoms with E-state index in [0.29, 0.717) is 35.8 Å². The van der Waals surface area contributed by atoms with Crippen LogP contribution in [-0.4, -0.2) is 44.9 Å². The Kier molecular flexibility index (Phi) is 6.64. The normalized spacial score (nSPS) is 16.9. The molecule has 1 aliphatic heterocycles. The average molecular weight is 498 g/mol. The predicted molar refractivity (Wildman–Crippen MR) is 139 cm³/mol. The molecular weight excluding hydrogens is 470 g/mol. The van der Waals surface area contributed by atoms with Crippen molar-refractivity contribution in [2.75, 3.05) is 13.2 Å². The number of aliphatic hydroxyl groups excluding tert-OH is 1. The van der Waals surface area contributed by atoms with Crippen molar-refractivity contribution in [1.82, 2.24) is 14.9 Å². The molecule has 188 valence electrons. The van der Waals surface area contributed by atoms with E-state index >= 15 is 0 Å². The second-order valence-corrected chi connectivity index (χ2v) is 8.60. The van der Waals surface area contributed by atoms with Crippen LogP contribution >= 0.6 is 0 Å². The van der Waals surface area contributed by atoms with Crippen LogP contribution in [0.3, 0.4) is 0 Å². The first-order valence-corrected chi connectivity index (χ1v) is 12.2. The van der Waals surface area contributed by atoms with E-state index in [1.54, 1.807) is 48.9 Å². The lowest BCUT2D eigenvalue weighted by Gasteiger charge is -2.25. The van der Waals surface area contributed by atoms with Gasteiger partial charge in [0.1, 0.15) is 17.3 Å². The van der Waals surface area contributed by atoms with E-state index in [1.807, 2.05) is 38.1 Å². The van der Waals surface area contributed by atoms with Crippen LogP contribution in [0.5, 0.6) is 11.5 Å². The highest BCUT2D eigenvalue weighted by Gasteiger charge is 2.47. The van der Waals surface area contributed by atoms with Crippen molar-refractivity contribution >= 4 is 28.4 Å². The first kappa shape index (κ1) is 24.1. The van der Waals surface area contributed by atoms with Crippen molar-refractivity contribution in [3.05, 3.63) is 95.5 Å². The highest BCUT2D eigenvalue weighted by Crippen LogP contribution is 2.44. The van der Waals surface area contributed by atoms with Crippen LogP contribution in [0.25, 0.3) is 16.7 Å². The van der Waals surface area contributed by atoms with Crippen molar-refractivity contribution in [3.8, 4) is 11.5 Å². The van der Waals surface area contributed by atoms with Crippen molar-refractivity contribution in [3.63, 3.8) is 0 Å². The summed E-state index contributed by atoms with van der Waals surface area (Å²) in [5.41, 5.74) is 2.72. The van der Waals surface area contributed by atoms with Crippen molar-refractivity contribution < 1.29 is 24.2 Å². The number of Topliss-reactive ketones (excluding diaryl/α,β-unsaturated/α-hetero) is 1. The maximum absolute atomic E-state index is 13.5. The minimum atomic E-state index is -0.814. The summed E-state index contributed by atoms with van der Waals surface area (Å²) in [4.78, 5) is 35.7. The Labute approximate surface area is 214 Å². The van der Waals surface area contributed by atoms with Gasteiger partial charge < -0.3 is 24.5 Å². The number of likely N-dealkylation sites (tertiary alicyclic amines) is 1. The number of hydrogen-bond acceptors (Lipinski definition) is 6. The second-order valence-electron chi connectivity index (χ2n) is 8.60. The molecule has 1 atom stereocenters. The molecule has 8 nitrogen and oxygen atoms in total. The molecule has 8 heteroatoms. The number of carbonyl (C=O) groups excluding carboxylic acids is 2. The number of aliphatic hydroxyl groups is 1. The number of ether oxygens (including phenoxy) is 2.